The average Bonchev–Trinajstić information content (AvgIpc) is 3.44. The summed E-state index contributed by atoms with van der Waals surface area (Å²) in [6.45, 7) is 11.4. The Labute approximate surface area is 218 Å². The summed E-state index contributed by atoms with van der Waals surface area (Å²) in [6, 6.07) is 0. The second-order valence-corrected chi connectivity index (χ2v) is 12.3. The van der Waals surface area contributed by atoms with Crippen LogP contribution in [0.15, 0.2) is 22.6 Å². The molecule has 1 aliphatic carbocycles. The number of aliphatic hydroxyl groups is 2. The smallest absolute Gasteiger partial charge is 0.309 e. The van der Waals surface area contributed by atoms with Gasteiger partial charge in [0.15, 0.2) is 0 Å². The first-order valence-electron chi connectivity index (χ1n) is 12.9. The van der Waals surface area contributed by atoms with Crippen molar-refractivity contribution in [2.24, 2.45) is 34.8 Å². The quantitative estimate of drug-likeness (QED) is 0.403. The maximum absolute atomic E-state index is 13.3. The van der Waals surface area contributed by atoms with Crippen LogP contribution in [-0.2, 0) is 20.9 Å². The highest BCUT2D eigenvalue weighted by atomic mass is 32.1. The van der Waals surface area contributed by atoms with Crippen molar-refractivity contribution in [1.82, 2.24) is 4.98 Å². The highest BCUT2D eigenvalue weighted by Crippen LogP contribution is 2.50. The third-order valence-electron chi connectivity index (χ3n) is 8.11. The molecule has 1 saturated carbocycles. The lowest BCUT2D eigenvalue weighted by Crippen LogP contribution is -2.46. The molecule has 0 bridgehead atoms. The van der Waals surface area contributed by atoms with E-state index in [9.17, 15) is 19.8 Å². The van der Waals surface area contributed by atoms with Gasteiger partial charge in [0.1, 0.15) is 16.9 Å². The number of nitrogens with two attached hydrogens (primary N) is 1. The van der Waals surface area contributed by atoms with E-state index in [1.165, 1.54) is 16.9 Å². The van der Waals surface area contributed by atoms with Crippen molar-refractivity contribution in [2.75, 3.05) is 0 Å². The Hall–Kier alpha value is -1.87. The summed E-state index contributed by atoms with van der Waals surface area (Å²) in [7, 11) is 0. The zero-order chi connectivity index (χ0) is 26.8. The number of hydrogen-bond acceptors (Lipinski definition) is 8. The minimum absolute atomic E-state index is 0.0120. The van der Waals surface area contributed by atoms with Gasteiger partial charge in [-0.2, -0.15) is 0 Å². The van der Waals surface area contributed by atoms with Gasteiger partial charge in [-0.05, 0) is 56.1 Å². The topological polar surface area (TPSA) is 123 Å². The molecule has 1 aromatic heterocycles. The number of cyclic esters (lactones) is 1. The largest absolute Gasteiger partial charge is 0.457 e. The summed E-state index contributed by atoms with van der Waals surface area (Å²) in [5.41, 5.74) is 7.33. The SMILES string of the molecule is C/C1=C/C[C@@H](/C(C)=C/c2csc(CN)n2)OC(=O)C[C@H](O)C(C)(C)C(=O)[C@H](C)[C@@H](O)[C@@H](C)C2CC2C1. The van der Waals surface area contributed by atoms with Crippen LogP contribution < -0.4 is 5.73 Å². The van der Waals surface area contributed by atoms with Crippen LogP contribution in [0.2, 0.25) is 0 Å². The molecule has 2 aliphatic rings. The average molecular weight is 519 g/mol. The molecule has 1 fully saturated rings. The Morgan fingerprint density at radius 1 is 1.28 bits per heavy atom. The van der Waals surface area contributed by atoms with Gasteiger partial charge in [0.05, 0.1) is 29.7 Å². The van der Waals surface area contributed by atoms with Gasteiger partial charge < -0.3 is 20.7 Å². The summed E-state index contributed by atoms with van der Waals surface area (Å²) in [5.74, 6) is -0.611. The summed E-state index contributed by atoms with van der Waals surface area (Å²) < 4.78 is 5.85. The van der Waals surface area contributed by atoms with Crippen LogP contribution in [0.1, 0.15) is 77.9 Å². The molecule has 0 aromatic carbocycles. The second kappa shape index (κ2) is 11.7. The predicted molar refractivity (Wildman–Crippen MR) is 142 cm³/mol. The Kier molecular flexibility index (Phi) is 9.30. The van der Waals surface area contributed by atoms with Gasteiger partial charge in [-0.1, -0.05) is 39.3 Å². The van der Waals surface area contributed by atoms with Crippen LogP contribution in [0.5, 0.6) is 0 Å². The number of esters is 1. The van der Waals surface area contributed by atoms with E-state index in [1.807, 2.05) is 25.3 Å². The number of carbonyl (C=O) groups excluding carboxylic acids is 2. The zero-order valence-electron chi connectivity index (χ0n) is 22.4. The first kappa shape index (κ1) is 28.7. The molecule has 1 aliphatic heterocycles. The number of rotatable bonds is 3. The molecule has 4 N–H and O–H groups in total. The Morgan fingerprint density at radius 2 is 1.97 bits per heavy atom. The maximum atomic E-state index is 13.3. The Morgan fingerprint density at radius 3 is 2.61 bits per heavy atom. The van der Waals surface area contributed by atoms with E-state index in [4.69, 9.17) is 10.5 Å². The molecule has 1 aromatic rings. The van der Waals surface area contributed by atoms with Crippen LogP contribution in [-0.4, -0.2) is 45.3 Å². The number of fused-ring (bicyclic) bond motifs is 1. The van der Waals surface area contributed by atoms with E-state index in [2.05, 4.69) is 18.0 Å². The number of aromatic nitrogens is 1. The first-order chi connectivity index (χ1) is 16.8. The van der Waals surface area contributed by atoms with Gasteiger partial charge in [0.25, 0.3) is 0 Å². The molecule has 0 saturated heterocycles. The summed E-state index contributed by atoms with van der Waals surface area (Å²) in [4.78, 5) is 30.7. The van der Waals surface area contributed by atoms with Gasteiger partial charge in [-0.25, -0.2) is 4.98 Å². The highest BCUT2D eigenvalue weighted by Gasteiger charge is 2.47. The van der Waals surface area contributed by atoms with Crippen LogP contribution in [0.4, 0.5) is 0 Å². The minimum Gasteiger partial charge on any atom is -0.457 e. The van der Waals surface area contributed by atoms with Crippen molar-refractivity contribution >= 4 is 29.2 Å². The van der Waals surface area contributed by atoms with Gasteiger partial charge in [0.2, 0.25) is 0 Å². The standard InChI is InChI=1S/C28H42N2O5S/c1-15-7-8-22(16(2)10-20-14-36-24(13-29)30-20)35-25(32)12-23(31)28(5,6)27(34)18(4)26(33)17(3)21-11-19(21)9-15/h7,10,14,17-19,21-23,26,31,33H,8-9,11-13,29H2,1-6H3/b15-7-,16-10+/t17-,18+,19?,21?,22-,23-,26-/m0/s1. The van der Waals surface area contributed by atoms with Gasteiger partial charge >= 0.3 is 5.97 Å². The minimum atomic E-state index is -1.23. The maximum Gasteiger partial charge on any atom is 0.309 e. The molecule has 0 spiro atoms. The molecule has 36 heavy (non-hydrogen) atoms. The van der Waals surface area contributed by atoms with Crippen LogP contribution in [0, 0.1) is 29.1 Å². The first-order valence-corrected chi connectivity index (χ1v) is 13.8. The van der Waals surface area contributed by atoms with E-state index in [0.29, 0.717) is 24.8 Å². The molecule has 3 rings (SSSR count). The number of ketones is 1. The summed E-state index contributed by atoms with van der Waals surface area (Å²) >= 11 is 1.49. The zero-order valence-corrected chi connectivity index (χ0v) is 23.2. The third-order valence-corrected chi connectivity index (χ3v) is 9.00. The molecule has 2 unspecified atom stereocenters. The Balaban J connectivity index is 1.88. The number of Topliss-reactive ketones (excluding diaryl/α,β-unsaturated/α-hetero) is 1. The molecule has 0 amide bonds. The number of aliphatic hydroxyl groups excluding tert-OH is 2. The fraction of sp³-hybridized carbons (Fsp3) is 0.679. The van der Waals surface area contributed by atoms with Crippen molar-refractivity contribution in [2.45, 2.75) is 92.1 Å². The lowest BCUT2D eigenvalue weighted by Gasteiger charge is -2.34. The fourth-order valence-electron chi connectivity index (χ4n) is 5.33. The molecule has 200 valence electrons. The van der Waals surface area contributed by atoms with Gasteiger partial charge in [0, 0.05) is 24.3 Å². The molecular formula is C28H42N2O5S. The highest BCUT2D eigenvalue weighted by molar-refractivity contribution is 7.09. The third kappa shape index (κ3) is 6.71. The lowest BCUT2D eigenvalue weighted by atomic mass is 9.72. The Bertz CT molecular complexity index is 1010. The molecule has 7 nitrogen and oxygen atoms in total. The van der Waals surface area contributed by atoms with E-state index in [-0.39, 0.29) is 18.1 Å². The van der Waals surface area contributed by atoms with E-state index >= 15 is 0 Å². The molecule has 7 atom stereocenters. The van der Waals surface area contributed by atoms with Crippen LogP contribution >= 0.6 is 11.3 Å². The van der Waals surface area contributed by atoms with Crippen LogP contribution in [0.3, 0.4) is 0 Å². The van der Waals surface area contributed by atoms with E-state index in [1.54, 1.807) is 20.8 Å². The number of nitrogens with zero attached hydrogens (tertiary/aromatic N) is 1. The normalized spacial score (nSPS) is 36.0. The molecular weight excluding hydrogens is 476 g/mol. The number of ether oxygens (including phenoxy) is 1. The summed E-state index contributed by atoms with van der Waals surface area (Å²) in [6.07, 6.45) is 3.66. The van der Waals surface area contributed by atoms with Crippen molar-refractivity contribution in [3.05, 3.63) is 33.3 Å². The monoisotopic (exact) mass is 518 g/mol. The van der Waals surface area contributed by atoms with E-state index in [0.717, 1.165) is 29.1 Å². The van der Waals surface area contributed by atoms with Crippen molar-refractivity contribution in [1.29, 1.82) is 0 Å². The molecule has 2 heterocycles. The number of allylic oxidation sites excluding steroid dienone is 1. The van der Waals surface area contributed by atoms with Crippen molar-refractivity contribution in [3.63, 3.8) is 0 Å². The number of thiazole rings is 1. The van der Waals surface area contributed by atoms with Gasteiger partial charge in [-0.3, -0.25) is 9.59 Å². The second-order valence-electron chi connectivity index (χ2n) is 11.3. The number of hydrogen-bond donors (Lipinski definition) is 3. The molecule has 8 heteroatoms. The lowest BCUT2D eigenvalue weighted by molar-refractivity contribution is -0.154. The number of carbonyl (C=O) groups is 2. The van der Waals surface area contributed by atoms with Crippen molar-refractivity contribution in [3.8, 4) is 0 Å². The fourth-order valence-corrected chi connectivity index (χ4v) is 5.96. The summed E-state index contributed by atoms with van der Waals surface area (Å²) in [5, 5.41) is 24.6. The van der Waals surface area contributed by atoms with Crippen LogP contribution in [0.25, 0.3) is 6.08 Å². The predicted octanol–water partition coefficient (Wildman–Crippen LogP) is 4.27. The van der Waals surface area contributed by atoms with E-state index < -0.39 is 35.6 Å². The van der Waals surface area contributed by atoms with Crippen molar-refractivity contribution < 1.29 is 24.5 Å². The molecule has 0 radical (unpaired) electrons. The van der Waals surface area contributed by atoms with Gasteiger partial charge in [-0.15, -0.1) is 11.3 Å².